The highest BCUT2D eigenvalue weighted by Crippen LogP contribution is 2.35. The van der Waals surface area contributed by atoms with Crippen molar-refractivity contribution in [3.63, 3.8) is 0 Å². The van der Waals surface area contributed by atoms with Crippen molar-refractivity contribution in [3.05, 3.63) is 32.0 Å². The molecule has 0 bridgehead atoms. The van der Waals surface area contributed by atoms with Crippen LogP contribution in [-0.4, -0.2) is 0 Å². The molecule has 0 unspecified atom stereocenters. The molecule has 0 aliphatic heterocycles. The Morgan fingerprint density at radius 1 is 1.33 bits per heavy atom. The first-order valence-corrected chi connectivity index (χ1v) is 5.98. The van der Waals surface area contributed by atoms with Gasteiger partial charge in [-0.2, -0.15) is 0 Å². The molecule has 0 N–H and O–H groups in total. The summed E-state index contributed by atoms with van der Waals surface area (Å²) in [5.74, 6) is 0. The molecule has 0 nitrogen and oxygen atoms in total. The Morgan fingerprint density at radius 3 is 2.83 bits per heavy atom. The van der Waals surface area contributed by atoms with Crippen molar-refractivity contribution >= 4 is 53.3 Å². The van der Waals surface area contributed by atoms with Gasteiger partial charge in [0.25, 0.3) is 0 Å². The molecule has 0 spiro atoms. The average molecular weight is 306 g/mol. The van der Waals surface area contributed by atoms with Crippen molar-refractivity contribution in [2.45, 2.75) is 6.92 Å². The maximum Gasteiger partial charge on any atom is 0.0365 e. The molecule has 0 aliphatic rings. The number of fused-ring (bicyclic) bond motifs is 1. The van der Waals surface area contributed by atoms with Gasteiger partial charge in [0, 0.05) is 19.0 Å². The van der Waals surface area contributed by atoms with Crippen LogP contribution in [0.1, 0.15) is 5.56 Å². The van der Waals surface area contributed by atoms with Gasteiger partial charge in [-0.05, 0) is 45.9 Å². The second-order valence-electron chi connectivity index (χ2n) is 2.63. The first kappa shape index (κ1) is 8.73. The number of hydrogen-bond acceptors (Lipinski definition) is 1. The Kier molecular flexibility index (Phi) is 2.27. The minimum Gasteiger partial charge on any atom is -0.144 e. The van der Waals surface area contributed by atoms with Gasteiger partial charge in [-0.1, -0.05) is 15.9 Å². The van der Waals surface area contributed by atoms with Crippen LogP contribution in [0.2, 0.25) is 0 Å². The molecule has 0 aliphatic carbocycles. The maximum absolute atomic E-state index is 3.59. The van der Waals surface area contributed by atoms with E-state index in [2.05, 4.69) is 56.3 Å². The van der Waals surface area contributed by atoms with Crippen LogP contribution in [0.3, 0.4) is 0 Å². The second-order valence-corrected chi connectivity index (χ2v) is 5.22. The maximum atomic E-state index is 3.59. The molecule has 0 amide bonds. The van der Waals surface area contributed by atoms with Gasteiger partial charge < -0.3 is 0 Å². The predicted octanol–water partition coefficient (Wildman–Crippen LogP) is 4.73. The predicted molar refractivity (Wildman–Crippen MR) is 62.0 cm³/mol. The van der Waals surface area contributed by atoms with Gasteiger partial charge in [0.15, 0.2) is 0 Å². The number of benzene rings is 1. The smallest absolute Gasteiger partial charge is 0.0365 e. The number of rotatable bonds is 0. The molecule has 0 fully saturated rings. The third kappa shape index (κ3) is 1.24. The molecule has 0 radical (unpaired) electrons. The molecule has 2 aromatic rings. The minimum absolute atomic E-state index is 1.17. The quantitative estimate of drug-likeness (QED) is 0.660. The number of thiophene rings is 1. The normalized spacial score (nSPS) is 10.9. The van der Waals surface area contributed by atoms with Crippen molar-refractivity contribution < 1.29 is 0 Å². The Labute approximate surface area is 91.9 Å². The molecular formula is C9H6Br2S. The van der Waals surface area contributed by atoms with Gasteiger partial charge in [-0.15, -0.1) is 11.3 Å². The van der Waals surface area contributed by atoms with E-state index >= 15 is 0 Å². The van der Waals surface area contributed by atoms with Crippen LogP contribution < -0.4 is 0 Å². The van der Waals surface area contributed by atoms with Crippen LogP contribution in [0.5, 0.6) is 0 Å². The first-order chi connectivity index (χ1) is 5.70. The average Bonchev–Trinajstić information content (AvgIpc) is 2.48. The third-order valence-corrected chi connectivity index (χ3v) is 4.59. The SMILES string of the molecule is Cc1c(Br)cc2sccc2c1Br. The monoisotopic (exact) mass is 304 g/mol. The van der Waals surface area contributed by atoms with Crippen LogP contribution in [0.4, 0.5) is 0 Å². The second kappa shape index (κ2) is 3.13. The molecule has 2 rings (SSSR count). The van der Waals surface area contributed by atoms with Gasteiger partial charge in [0.1, 0.15) is 0 Å². The highest BCUT2D eigenvalue weighted by molar-refractivity contribution is 9.11. The summed E-state index contributed by atoms with van der Waals surface area (Å²) in [4.78, 5) is 0. The zero-order valence-electron chi connectivity index (χ0n) is 6.40. The number of hydrogen-bond donors (Lipinski definition) is 0. The Morgan fingerprint density at radius 2 is 2.08 bits per heavy atom. The van der Waals surface area contributed by atoms with Crippen LogP contribution in [0.25, 0.3) is 10.1 Å². The van der Waals surface area contributed by atoms with Gasteiger partial charge >= 0.3 is 0 Å². The fraction of sp³-hybridized carbons (Fsp3) is 0.111. The van der Waals surface area contributed by atoms with E-state index < -0.39 is 0 Å². The molecule has 1 aromatic heterocycles. The topological polar surface area (TPSA) is 0 Å². The van der Waals surface area contributed by atoms with Crippen molar-refractivity contribution in [2.75, 3.05) is 0 Å². The van der Waals surface area contributed by atoms with E-state index in [1.807, 2.05) is 0 Å². The summed E-state index contributed by atoms with van der Waals surface area (Å²) in [6.07, 6.45) is 0. The van der Waals surface area contributed by atoms with Crippen LogP contribution in [-0.2, 0) is 0 Å². The fourth-order valence-electron chi connectivity index (χ4n) is 1.14. The Bertz CT molecular complexity index is 431. The molecule has 0 saturated heterocycles. The van der Waals surface area contributed by atoms with Gasteiger partial charge in [0.05, 0.1) is 0 Å². The fourth-order valence-corrected chi connectivity index (χ4v) is 3.51. The van der Waals surface area contributed by atoms with Crippen LogP contribution >= 0.6 is 43.2 Å². The Balaban J connectivity index is 2.94. The Hall–Kier alpha value is 0.140. The summed E-state index contributed by atoms with van der Waals surface area (Å²) in [5.41, 5.74) is 1.26. The lowest BCUT2D eigenvalue weighted by molar-refractivity contribution is 1.44. The first-order valence-electron chi connectivity index (χ1n) is 3.52. The molecule has 12 heavy (non-hydrogen) atoms. The summed E-state index contributed by atoms with van der Waals surface area (Å²) >= 11 is 8.88. The van der Waals surface area contributed by atoms with E-state index in [4.69, 9.17) is 0 Å². The van der Waals surface area contributed by atoms with Crippen LogP contribution in [0, 0.1) is 6.92 Å². The van der Waals surface area contributed by atoms with Crippen molar-refractivity contribution in [1.29, 1.82) is 0 Å². The summed E-state index contributed by atoms with van der Waals surface area (Å²) < 4.78 is 3.69. The van der Waals surface area contributed by atoms with Gasteiger partial charge in [-0.25, -0.2) is 0 Å². The van der Waals surface area contributed by atoms with E-state index in [0.717, 1.165) is 0 Å². The highest BCUT2D eigenvalue weighted by atomic mass is 79.9. The summed E-state index contributed by atoms with van der Waals surface area (Å²) in [6, 6.07) is 4.31. The van der Waals surface area contributed by atoms with Gasteiger partial charge in [-0.3, -0.25) is 0 Å². The molecule has 0 atom stereocenters. The molecule has 0 saturated carbocycles. The molecule has 3 heteroatoms. The third-order valence-electron chi connectivity index (χ3n) is 1.88. The zero-order valence-corrected chi connectivity index (χ0v) is 10.4. The molecular weight excluding hydrogens is 300 g/mol. The van der Waals surface area contributed by atoms with Crippen molar-refractivity contribution in [2.24, 2.45) is 0 Å². The minimum atomic E-state index is 1.17. The zero-order chi connectivity index (χ0) is 8.72. The van der Waals surface area contributed by atoms with Crippen molar-refractivity contribution in [3.8, 4) is 0 Å². The van der Waals surface area contributed by atoms with Crippen LogP contribution in [0.15, 0.2) is 26.5 Å². The van der Waals surface area contributed by atoms with E-state index in [9.17, 15) is 0 Å². The molecule has 62 valence electrons. The standard InChI is InChI=1S/C9H6Br2S/c1-5-7(10)4-8-6(9(5)11)2-3-12-8/h2-4H,1H3. The van der Waals surface area contributed by atoms with Gasteiger partial charge in [0.2, 0.25) is 0 Å². The molecule has 1 aromatic carbocycles. The highest BCUT2D eigenvalue weighted by Gasteiger charge is 2.06. The summed E-state index contributed by atoms with van der Waals surface area (Å²) in [5, 5.41) is 3.42. The molecule has 1 heterocycles. The lowest BCUT2D eigenvalue weighted by Crippen LogP contribution is -1.77. The van der Waals surface area contributed by atoms with Crippen molar-refractivity contribution in [1.82, 2.24) is 0 Å². The number of halogens is 2. The van der Waals surface area contributed by atoms with E-state index in [1.54, 1.807) is 11.3 Å². The summed E-state index contributed by atoms with van der Waals surface area (Å²) in [6.45, 7) is 2.10. The van der Waals surface area contributed by atoms with E-state index in [-0.39, 0.29) is 0 Å². The van der Waals surface area contributed by atoms with E-state index in [1.165, 1.54) is 24.6 Å². The lowest BCUT2D eigenvalue weighted by Gasteiger charge is -2.02. The largest absolute Gasteiger partial charge is 0.144 e. The lowest BCUT2D eigenvalue weighted by atomic mass is 10.2. The van der Waals surface area contributed by atoms with E-state index in [0.29, 0.717) is 0 Å². The summed E-state index contributed by atoms with van der Waals surface area (Å²) in [7, 11) is 0.